The fraction of sp³-hybridized carbons (Fsp3) is 0.500. The molecule has 0 fully saturated rings. The number of nitrogens with zero attached hydrogens (tertiary/aromatic N) is 2. The monoisotopic (exact) mass is 391 g/mol. The Bertz CT molecular complexity index is 701. The molecule has 0 aliphatic rings. The molecular formula is C20H29N3O3S. The van der Waals surface area contributed by atoms with E-state index in [2.05, 4.69) is 10.3 Å². The van der Waals surface area contributed by atoms with Crippen molar-refractivity contribution >= 4 is 17.4 Å². The number of aromatic nitrogens is 1. The molecule has 1 aromatic heterocycles. The maximum atomic E-state index is 12.4. The number of benzene rings is 1. The first-order valence-electron chi connectivity index (χ1n) is 9.15. The summed E-state index contributed by atoms with van der Waals surface area (Å²) in [5.74, 6) is 0.829. The second kappa shape index (κ2) is 10.9. The van der Waals surface area contributed by atoms with Gasteiger partial charge in [0.05, 0.1) is 12.2 Å². The second-order valence-corrected chi connectivity index (χ2v) is 7.65. The smallest absolute Gasteiger partial charge is 0.317 e. The lowest BCUT2D eigenvalue weighted by Crippen LogP contribution is -2.43. The van der Waals surface area contributed by atoms with Crippen molar-refractivity contribution in [3.63, 3.8) is 0 Å². The van der Waals surface area contributed by atoms with E-state index in [1.165, 1.54) is 5.56 Å². The van der Waals surface area contributed by atoms with Crippen molar-refractivity contribution < 1.29 is 14.3 Å². The number of carbonyl (C=O) groups excluding carboxylic acids is 1. The number of hydrogen-bond acceptors (Lipinski definition) is 5. The van der Waals surface area contributed by atoms with Gasteiger partial charge in [0, 0.05) is 31.7 Å². The summed E-state index contributed by atoms with van der Waals surface area (Å²) >= 11 is 1.55. The zero-order chi connectivity index (χ0) is 19.6. The van der Waals surface area contributed by atoms with Gasteiger partial charge < -0.3 is 19.7 Å². The quantitative estimate of drug-likeness (QED) is 0.622. The van der Waals surface area contributed by atoms with E-state index in [0.717, 1.165) is 22.9 Å². The van der Waals surface area contributed by atoms with Crippen molar-refractivity contribution in [3.8, 4) is 5.75 Å². The molecule has 1 N–H and O–H groups in total. The van der Waals surface area contributed by atoms with Crippen LogP contribution in [0.4, 0.5) is 4.79 Å². The molecule has 0 atom stereocenters. The van der Waals surface area contributed by atoms with E-state index >= 15 is 0 Å². The number of aryl methyl sites for hydroxylation is 1. The molecule has 0 saturated heterocycles. The van der Waals surface area contributed by atoms with E-state index in [-0.39, 0.29) is 12.1 Å². The average Bonchev–Trinajstić information content (AvgIpc) is 3.07. The number of urea groups is 1. The second-order valence-electron chi connectivity index (χ2n) is 6.71. The lowest BCUT2D eigenvalue weighted by atomic mass is 10.2. The lowest BCUT2D eigenvalue weighted by Gasteiger charge is -2.23. The number of carbonyl (C=O) groups is 1. The number of ether oxygens (including phenoxy) is 2. The van der Waals surface area contributed by atoms with Gasteiger partial charge >= 0.3 is 6.03 Å². The minimum atomic E-state index is -0.0773. The van der Waals surface area contributed by atoms with E-state index in [4.69, 9.17) is 9.47 Å². The van der Waals surface area contributed by atoms with E-state index in [0.29, 0.717) is 26.3 Å². The highest BCUT2D eigenvalue weighted by Gasteiger charge is 2.16. The third-order valence-electron chi connectivity index (χ3n) is 3.81. The molecule has 0 unspecified atom stereocenters. The molecule has 6 nitrogen and oxygen atoms in total. The van der Waals surface area contributed by atoms with Crippen molar-refractivity contribution in [3.05, 3.63) is 45.9 Å². The highest BCUT2D eigenvalue weighted by atomic mass is 32.1. The Labute approximate surface area is 165 Å². The third-order valence-corrected chi connectivity index (χ3v) is 4.68. The van der Waals surface area contributed by atoms with Gasteiger partial charge in [-0.25, -0.2) is 9.78 Å². The molecule has 1 heterocycles. The molecule has 148 valence electrons. The largest absolute Gasteiger partial charge is 0.486 e. The molecule has 2 rings (SSSR count). The summed E-state index contributed by atoms with van der Waals surface area (Å²) in [6.45, 7) is 8.10. The number of thiazole rings is 1. The van der Waals surface area contributed by atoms with Crippen LogP contribution in [0.25, 0.3) is 0 Å². The molecule has 27 heavy (non-hydrogen) atoms. The minimum Gasteiger partial charge on any atom is -0.486 e. The predicted octanol–water partition coefficient (Wildman–Crippen LogP) is 3.99. The highest BCUT2D eigenvalue weighted by Crippen LogP contribution is 2.17. The fourth-order valence-corrected chi connectivity index (χ4v) is 3.15. The number of rotatable bonds is 10. The van der Waals surface area contributed by atoms with E-state index < -0.39 is 0 Å². The molecule has 0 saturated carbocycles. The first kappa shape index (κ1) is 21.2. The van der Waals surface area contributed by atoms with Gasteiger partial charge in [0.25, 0.3) is 0 Å². The minimum absolute atomic E-state index is 0.0773. The van der Waals surface area contributed by atoms with Crippen molar-refractivity contribution in [1.29, 1.82) is 0 Å². The molecule has 2 aromatic rings. The van der Waals surface area contributed by atoms with Crippen LogP contribution < -0.4 is 10.1 Å². The summed E-state index contributed by atoms with van der Waals surface area (Å²) in [4.78, 5) is 18.8. The van der Waals surface area contributed by atoms with Gasteiger partial charge in [-0.2, -0.15) is 0 Å². The topological polar surface area (TPSA) is 63.7 Å². The Morgan fingerprint density at radius 3 is 2.70 bits per heavy atom. The van der Waals surface area contributed by atoms with Crippen molar-refractivity contribution in [2.45, 2.75) is 46.4 Å². The zero-order valence-electron chi connectivity index (χ0n) is 16.5. The van der Waals surface area contributed by atoms with E-state index in [9.17, 15) is 4.79 Å². The standard InChI is InChI=1S/C20H29N3O3S/c1-15(2)21-20(24)23(10-5-11-25-4)12-17-14-27-19(22-17)13-26-18-8-6-16(3)7-9-18/h6-9,14-15H,5,10-13H2,1-4H3,(H,21,24). The van der Waals surface area contributed by atoms with Gasteiger partial charge in [0.1, 0.15) is 17.4 Å². The number of methoxy groups -OCH3 is 1. The third kappa shape index (κ3) is 7.56. The molecule has 0 bridgehead atoms. The molecular weight excluding hydrogens is 362 g/mol. The van der Waals surface area contributed by atoms with Crippen molar-refractivity contribution in [2.24, 2.45) is 0 Å². The fourth-order valence-electron chi connectivity index (χ4n) is 2.45. The Morgan fingerprint density at radius 1 is 1.30 bits per heavy atom. The van der Waals surface area contributed by atoms with Crippen LogP contribution in [0.15, 0.2) is 29.6 Å². The average molecular weight is 392 g/mol. The van der Waals surface area contributed by atoms with Crippen molar-refractivity contribution in [1.82, 2.24) is 15.2 Å². The van der Waals surface area contributed by atoms with Gasteiger partial charge in [0.15, 0.2) is 0 Å². The first-order chi connectivity index (χ1) is 13.0. The SMILES string of the molecule is COCCCN(Cc1csc(COc2ccc(C)cc2)n1)C(=O)NC(C)C. The van der Waals surface area contributed by atoms with Crippen LogP contribution in [0.3, 0.4) is 0 Å². The highest BCUT2D eigenvalue weighted by molar-refractivity contribution is 7.09. The van der Waals surface area contributed by atoms with Gasteiger partial charge in [-0.05, 0) is 39.3 Å². The van der Waals surface area contributed by atoms with Gasteiger partial charge in [0.2, 0.25) is 0 Å². The zero-order valence-corrected chi connectivity index (χ0v) is 17.3. The Morgan fingerprint density at radius 2 is 2.04 bits per heavy atom. The van der Waals surface area contributed by atoms with Crippen LogP contribution in [0.5, 0.6) is 5.75 Å². The Kier molecular flexibility index (Phi) is 8.54. The van der Waals surface area contributed by atoms with E-state index in [1.54, 1.807) is 23.3 Å². The van der Waals surface area contributed by atoms with Crippen LogP contribution in [0, 0.1) is 6.92 Å². The molecule has 0 aliphatic heterocycles. The van der Waals surface area contributed by atoms with Gasteiger partial charge in [-0.1, -0.05) is 17.7 Å². The number of hydrogen-bond donors (Lipinski definition) is 1. The Hall–Kier alpha value is -2.12. The first-order valence-corrected chi connectivity index (χ1v) is 10.0. The summed E-state index contributed by atoms with van der Waals surface area (Å²) in [6.07, 6.45) is 0.787. The summed E-state index contributed by atoms with van der Waals surface area (Å²) in [7, 11) is 1.67. The van der Waals surface area contributed by atoms with Crippen LogP contribution in [0.2, 0.25) is 0 Å². The van der Waals surface area contributed by atoms with Crippen LogP contribution in [0.1, 0.15) is 36.5 Å². The van der Waals surface area contributed by atoms with Crippen LogP contribution in [-0.4, -0.2) is 42.2 Å². The summed E-state index contributed by atoms with van der Waals surface area (Å²) < 4.78 is 10.9. The maximum absolute atomic E-state index is 12.4. The molecule has 0 radical (unpaired) electrons. The van der Waals surface area contributed by atoms with Crippen molar-refractivity contribution in [2.75, 3.05) is 20.3 Å². The maximum Gasteiger partial charge on any atom is 0.317 e. The summed E-state index contributed by atoms with van der Waals surface area (Å²) in [5, 5.41) is 5.83. The predicted molar refractivity (Wildman–Crippen MR) is 108 cm³/mol. The summed E-state index contributed by atoms with van der Waals surface area (Å²) in [5.41, 5.74) is 2.07. The number of amides is 2. The normalized spacial score (nSPS) is 10.9. The van der Waals surface area contributed by atoms with Gasteiger partial charge in [-0.3, -0.25) is 0 Å². The Balaban J connectivity index is 1.92. The summed E-state index contributed by atoms with van der Waals surface area (Å²) in [6, 6.07) is 7.97. The molecule has 2 amide bonds. The van der Waals surface area contributed by atoms with E-state index in [1.807, 2.05) is 50.4 Å². The van der Waals surface area contributed by atoms with Crippen LogP contribution in [-0.2, 0) is 17.9 Å². The number of nitrogens with one attached hydrogen (secondary N) is 1. The molecule has 0 aliphatic carbocycles. The molecule has 7 heteroatoms. The van der Waals surface area contributed by atoms with Gasteiger partial charge in [-0.15, -0.1) is 11.3 Å². The van der Waals surface area contributed by atoms with Crippen LogP contribution >= 0.6 is 11.3 Å². The molecule has 1 aromatic carbocycles. The lowest BCUT2D eigenvalue weighted by molar-refractivity contribution is 0.164. The molecule has 0 spiro atoms.